The van der Waals surface area contributed by atoms with Crippen LogP contribution in [-0.2, 0) is 4.84 Å². The molecule has 0 aromatic heterocycles. The van der Waals surface area contributed by atoms with E-state index in [-0.39, 0.29) is 0 Å². The highest BCUT2D eigenvalue weighted by atomic mass is 16.7. The highest BCUT2D eigenvalue weighted by molar-refractivity contribution is 5.50. The van der Waals surface area contributed by atoms with Gasteiger partial charge in [-0.3, -0.25) is 9.83 Å². The molecule has 10 heavy (non-hydrogen) atoms. The molecular formula is C6H15N3O. The first-order valence-electron chi connectivity index (χ1n) is 3.35. The van der Waals surface area contributed by atoms with Crippen molar-refractivity contribution in [3.63, 3.8) is 0 Å². The van der Waals surface area contributed by atoms with E-state index in [0.717, 1.165) is 6.54 Å². The molecule has 0 aliphatic heterocycles. The minimum Gasteiger partial charge on any atom is -0.390 e. The van der Waals surface area contributed by atoms with Gasteiger partial charge in [0.25, 0.3) is 0 Å². The van der Waals surface area contributed by atoms with Gasteiger partial charge in [-0.2, -0.15) is 5.06 Å². The predicted molar refractivity (Wildman–Crippen MR) is 41.8 cm³/mol. The minimum absolute atomic E-state index is 0.595. The maximum Gasteiger partial charge on any atom is 0.0881 e. The van der Waals surface area contributed by atoms with Crippen molar-refractivity contribution >= 4 is 6.34 Å². The van der Waals surface area contributed by atoms with Crippen LogP contribution in [0.25, 0.3) is 0 Å². The molecule has 0 radical (unpaired) electrons. The topological polar surface area (TPSA) is 50.8 Å². The number of hydrogen-bond donors (Lipinski definition) is 1. The summed E-state index contributed by atoms with van der Waals surface area (Å²) in [6.45, 7) is 4.12. The maximum atomic E-state index is 5.16. The molecule has 0 spiro atoms. The van der Waals surface area contributed by atoms with E-state index < -0.39 is 0 Å². The molecule has 60 valence electrons. The molecule has 4 nitrogen and oxygen atoms in total. The molecule has 0 heterocycles. The molecule has 0 rings (SSSR count). The van der Waals surface area contributed by atoms with Crippen LogP contribution in [-0.4, -0.2) is 38.1 Å². The number of hydroxylamine groups is 2. The first kappa shape index (κ1) is 9.39. The van der Waals surface area contributed by atoms with E-state index in [4.69, 9.17) is 10.6 Å². The van der Waals surface area contributed by atoms with Crippen LogP contribution in [0.5, 0.6) is 0 Å². The minimum atomic E-state index is 0.595. The molecule has 2 N–H and O–H groups in total. The Morgan fingerprint density at radius 3 is 2.90 bits per heavy atom. The van der Waals surface area contributed by atoms with Gasteiger partial charge in [0.2, 0.25) is 0 Å². The summed E-state index contributed by atoms with van der Waals surface area (Å²) in [5.74, 6) is 0. The largest absolute Gasteiger partial charge is 0.390 e. The number of nitrogens with zero attached hydrogens (tertiary/aromatic N) is 2. The Balaban J connectivity index is 3.03. The van der Waals surface area contributed by atoms with Crippen LogP contribution in [0.15, 0.2) is 4.99 Å². The predicted octanol–water partition coefficient (Wildman–Crippen LogP) is -0.143. The molecule has 0 saturated heterocycles. The summed E-state index contributed by atoms with van der Waals surface area (Å²) in [4.78, 5) is 8.94. The lowest BCUT2D eigenvalue weighted by Gasteiger charge is -2.12. The second kappa shape index (κ2) is 6.51. The Bertz CT molecular complexity index is 95.0. The van der Waals surface area contributed by atoms with E-state index in [0.29, 0.717) is 13.2 Å². The first-order chi connectivity index (χ1) is 4.81. The molecule has 0 aliphatic rings. The number of nitrogens with two attached hydrogens (primary N) is 1. The molecule has 4 heteroatoms. The van der Waals surface area contributed by atoms with Gasteiger partial charge in [-0.05, 0) is 0 Å². The highest BCUT2D eigenvalue weighted by Crippen LogP contribution is 1.82. The van der Waals surface area contributed by atoms with E-state index >= 15 is 0 Å². The summed E-state index contributed by atoms with van der Waals surface area (Å²) in [7, 11) is 1.88. The van der Waals surface area contributed by atoms with Gasteiger partial charge in [0.05, 0.1) is 19.5 Å². The van der Waals surface area contributed by atoms with Crippen molar-refractivity contribution in [3.8, 4) is 0 Å². The normalized spacial score (nSPS) is 11.5. The second-order valence-corrected chi connectivity index (χ2v) is 1.83. The number of hydrogen-bond acceptors (Lipinski definition) is 3. The summed E-state index contributed by atoms with van der Waals surface area (Å²) < 4.78 is 0. The van der Waals surface area contributed by atoms with Crippen molar-refractivity contribution in [2.45, 2.75) is 6.92 Å². The smallest absolute Gasteiger partial charge is 0.0881 e. The van der Waals surface area contributed by atoms with Gasteiger partial charge in [-0.1, -0.05) is 6.92 Å². The maximum absolute atomic E-state index is 5.16. The van der Waals surface area contributed by atoms with Crippen molar-refractivity contribution in [2.75, 3.05) is 26.7 Å². The molecule has 0 saturated carbocycles. The van der Waals surface area contributed by atoms with E-state index in [1.807, 2.05) is 14.0 Å². The molecule has 0 unspecified atom stereocenters. The third kappa shape index (κ3) is 5.53. The molecule has 0 bridgehead atoms. The van der Waals surface area contributed by atoms with Gasteiger partial charge in [0, 0.05) is 13.6 Å². The average molecular weight is 145 g/mol. The fourth-order valence-electron chi connectivity index (χ4n) is 0.415. The van der Waals surface area contributed by atoms with Crippen LogP contribution in [0.3, 0.4) is 0 Å². The first-order valence-corrected chi connectivity index (χ1v) is 3.35. The van der Waals surface area contributed by atoms with Crippen molar-refractivity contribution in [1.29, 1.82) is 0 Å². The van der Waals surface area contributed by atoms with E-state index in [1.165, 1.54) is 6.34 Å². The lowest BCUT2D eigenvalue weighted by atomic mass is 10.7. The summed E-state index contributed by atoms with van der Waals surface area (Å²) in [6.07, 6.45) is 1.29. The third-order valence-electron chi connectivity index (χ3n) is 1.08. The van der Waals surface area contributed by atoms with Crippen molar-refractivity contribution < 1.29 is 4.84 Å². The number of rotatable bonds is 5. The van der Waals surface area contributed by atoms with Crippen LogP contribution in [0.1, 0.15) is 6.92 Å². The van der Waals surface area contributed by atoms with Gasteiger partial charge in [0.15, 0.2) is 0 Å². The summed E-state index contributed by atoms with van der Waals surface area (Å²) in [6, 6.07) is 0. The average Bonchev–Trinajstić information content (AvgIpc) is 1.98. The summed E-state index contributed by atoms with van der Waals surface area (Å²) in [5, 5.41) is 1.76. The fraction of sp³-hybridized carbons (Fsp3) is 0.833. The van der Waals surface area contributed by atoms with Gasteiger partial charge < -0.3 is 5.73 Å². The van der Waals surface area contributed by atoms with Crippen LogP contribution < -0.4 is 5.73 Å². The zero-order chi connectivity index (χ0) is 7.82. The molecule has 0 atom stereocenters. The molecular weight excluding hydrogens is 130 g/mol. The standard InChI is InChI=1S/C6H15N3O/c1-3-9(2)10-5-4-8-6-7/h6H,3-5H2,1-2H3,(H2,7,8). The lowest BCUT2D eigenvalue weighted by molar-refractivity contribution is -0.132. The van der Waals surface area contributed by atoms with Crippen LogP contribution >= 0.6 is 0 Å². The van der Waals surface area contributed by atoms with E-state index in [1.54, 1.807) is 5.06 Å². The Hall–Kier alpha value is -0.610. The molecule has 0 aliphatic carbocycles. The van der Waals surface area contributed by atoms with Crippen LogP contribution in [0, 0.1) is 0 Å². The lowest BCUT2D eigenvalue weighted by Crippen LogP contribution is -2.19. The monoisotopic (exact) mass is 145 g/mol. The highest BCUT2D eigenvalue weighted by Gasteiger charge is 1.90. The molecule has 0 aromatic carbocycles. The third-order valence-corrected chi connectivity index (χ3v) is 1.08. The van der Waals surface area contributed by atoms with Crippen molar-refractivity contribution in [1.82, 2.24) is 5.06 Å². The fourth-order valence-corrected chi connectivity index (χ4v) is 0.415. The summed E-state index contributed by atoms with van der Waals surface area (Å²) in [5.41, 5.74) is 5.02. The van der Waals surface area contributed by atoms with Crippen LogP contribution in [0.2, 0.25) is 0 Å². The Morgan fingerprint density at radius 1 is 1.70 bits per heavy atom. The zero-order valence-electron chi connectivity index (χ0n) is 6.58. The van der Waals surface area contributed by atoms with Gasteiger partial charge >= 0.3 is 0 Å². The molecule has 0 fully saturated rings. The van der Waals surface area contributed by atoms with Gasteiger partial charge in [0.1, 0.15) is 0 Å². The van der Waals surface area contributed by atoms with Crippen LogP contribution in [0.4, 0.5) is 0 Å². The Kier molecular flexibility index (Phi) is 6.11. The summed E-state index contributed by atoms with van der Waals surface area (Å²) >= 11 is 0. The SMILES string of the molecule is CCN(C)OCCN=CN. The van der Waals surface area contributed by atoms with Crippen molar-refractivity contribution in [3.05, 3.63) is 0 Å². The van der Waals surface area contributed by atoms with E-state index in [9.17, 15) is 0 Å². The van der Waals surface area contributed by atoms with Crippen molar-refractivity contribution in [2.24, 2.45) is 10.7 Å². The molecule has 0 amide bonds. The zero-order valence-corrected chi connectivity index (χ0v) is 6.58. The van der Waals surface area contributed by atoms with Gasteiger partial charge in [-0.15, -0.1) is 0 Å². The molecule has 0 aromatic rings. The Labute approximate surface area is 61.6 Å². The Morgan fingerprint density at radius 2 is 2.40 bits per heavy atom. The van der Waals surface area contributed by atoms with E-state index in [2.05, 4.69) is 4.99 Å². The quantitative estimate of drug-likeness (QED) is 0.253. The second-order valence-electron chi connectivity index (χ2n) is 1.83. The van der Waals surface area contributed by atoms with Gasteiger partial charge in [-0.25, -0.2) is 0 Å². The number of aliphatic imine (C=N–C) groups is 1.